The molecule has 1 aliphatic rings. The van der Waals surface area contributed by atoms with Gasteiger partial charge in [-0.2, -0.15) is 0 Å². The number of hydrogen-bond donors (Lipinski definition) is 0. The molecule has 1 aliphatic heterocycles. The number of amides is 1. The van der Waals surface area contributed by atoms with Crippen LogP contribution in [0.5, 0.6) is 0 Å². The Labute approximate surface area is 137 Å². The van der Waals surface area contributed by atoms with Crippen molar-refractivity contribution < 1.29 is 9.18 Å². The van der Waals surface area contributed by atoms with E-state index < -0.39 is 5.82 Å². The lowest BCUT2D eigenvalue weighted by atomic mass is 10.1. The topological polar surface area (TPSA) is 38.1 Å². The summed E-state index contributed by atoms with van der Waals surface area (Å²) in [5.41, 5.74) is 2.59. The number of rotatable bonds is 1. The van der Waals surface area contributed by atoms with Crippen molar-refractivity contribution in [1.82, 2.24) is 14.5 Å². The number of halogens is 3. The normalized spacial score (nSPS) is 13.5. The molecular formula is C14H10Br2FN3O. The van der Waals surface area contributed by atoms with Crippen molar-refractivity contribution in [2.75, 3.05) is 7.05 Å². The van der Waals surface area contributed by atoms with Gasteiger partial charge in [-0.25, -0.2) is 9.37 Å². The van der Waals surface area contributed by atoms with Crippen molar-refractivity contribution in [3.63, 3.8) is 0 Å². The van der Waals surface area contributed by atoms with Gasteiger partial charge in [-0.05, 0) is 56.1 Å². The van der Waals surface area contributed by atoms with Crippen LogP contribution in [0.15, 0.2) is 27.9 Å². The maximum absolute atomic E-state index is 13.5. The maximum atomic E-state index is 13.5. The van der Waals surface area contributed by atoms with E-state index in [1.165, 1.54) is 12.1 Å². The van der Waals surface area contributed by atoms with E-state index >= 15 is 0 Å². The molecule has 2 heterocycles. The fraction of sp³-hybridized carbons (Fsp3) is 0.143. The molecule has 0 radical (unpaired) electrons. The van der Waals surface area contributed by atoms with Gasteiger partial charge in [0, 0.05) is 7.05 Å². The Bertz CT molecular complexity index is 766. The molecule has 1 aromatic carbocycles. The van der Waals surface area contributed by atoms with Gasteiger partial charge in [0.15, 0.2) is 0 Å². The molecule has 0 N–H and O–H groups in total. The van der Waals surface area contributed by atoms with Crippen LogP contribution in [0.2, 0.25) is 0 Å². The van der Waals surface area contributed by atoms with E-state index in [4.69, 9.17) is 0 Å². The Kier molecular flexibility index (Phi) is 3.71. The van der Waals surface area contributed by atoms with Gasteiger partial charge in [-0.3, -0.25) is 4.79 Å². The zero-order valence-corrected chi connectivity index (χ0v) is 14.1. The van der Waals surface area contributed by atoms with Crippen LogP contribution in [0.4, 0.5) is 4.39 Å². The Morgan fingerprint density at radius 1 is 1.43 bits per heavy atom. The van der Waals surface area contributed by atoms with Crippen LogP contribution in [-0.4, -0.2) is 27.4 Å². The molecule has 0 saturated heterocycles. The number of benzene rings is 1. The fourth-order valence-corrected chi connectivity index (χ4v) is 2.80. The van der Waals surface area contributed by atoms with E-state index in [0.717, 1.165) is 14.8 Å². The van der Waals surface area contributed by atoms with Crippen LogP contribution in [0, 0.1) is 5.82 Å². The van der Waals surface area contributed by atoms with Crippen LogP contribution in [0.1, 0.15) is 21.7 Å². The number of carbonyl (C=O) groups is 1. The second-order valence-corrected chi connectivity index (χ2v) is 7.48. The number of imidazole rings is 1. The van der Waals surface area contributed by atoms with E-state index in [1.807, 2.05) is 10.6 Å². The second kappa shape index (κ2) is 5.38. The van der Waals surface area contributed by atoms with Crippen molar-refractivity contribution in [3.8, 4) is 5.69 Å². The van der Waals surface area contributed by atoms with Gasteiger partial charge in [0.2, 0.25) is 0 Å². The van der Waals surface area contributed by atoms with Gasteiger partial charge in [0.05, 0.1) is 32.6 Å². The van der Waals surface area contributed by atoms with E-state index in [-0.39, 0.29) is 5.91 Å². The first kappa shape index (κ1) is 14.5. The molecular weight excluding hydrogens is 405 g/mol. The highest BCUT2D eigenvalue weighted by molar-refractivity contribution is 9.28. The molecule has 3 rings (SSSR count). The van der Waals surface area contributed by atoms with E-state index in [1.54, 1.807) is 24.3 Å². The zero-order valence-electron chi connectivity index (χ0n) is 11.0. The first-order chi connectivity index (χ1) is 9.97. The molecule has 0 saturated carbocycles. The Morgan fingerprint density at radius 2 is 2.19 bits per heavy atom. The highest BCUT2D eigenvalue weighted by atomic mass is 79.9. The summed E-state index contributed by atoms with van der Waals surface area (Å²) in [5.74, 6) is -0.636. The minimum absolute atomic E-state index is 0.207. The molecule has 0 aliphatic carbocycles. The van der Waals surface area contributed by atoms with Crippen molar-refractivity contribution >= 4 is 43.8 Å². The summed E-state index contributed by atoms with van der Waals surface area (Å²) in [4.78, 5) is 18.3. The van der Waals surface area contributed by atoms with Crippen LogP contribution in [-0.2, 0) is 6.54 Å². The molecule has 0 bridgehead atoms. The average molecular weight is 415 g/mol. The molecule has 2 aromatic rings. The Balaban J connectivity index is 2.27. The summed E-state index contributed by atoms with van der Waals surface area (Å²) >= 11 is 6.62. The molecule has 0 unspecified atom stereocenters. The maximum Gasteiger partial charge on any atom is 0.256 e. The van der Waals surface area contributed by atoms with Crippen LogP contribution in [0.3, 0.4) is 0 Å². The minimum Gasteiger partial charge on any atom is -0.336 e. The molecule has 0 fully saturated rings. The average Bonchev–Trinajstić information content (AvgIpc) is 2.75. The number of fused-ring (bicyclic) bond motifs is 3. The first-order valence-corrected chi connectivity index (χ1v) is 7.70. The number of carbonyl (C=O) groups excluding carboxylic acids is 1. The molecule has 4 nitrogen and oxygen atoms in total. The van der Waals surface area contributed by atoms with Gasteiger partial charge in [0.25, 0.3) is 5.91 Å². The third kappa shape index (κ3) is 2.55. The molecule has 0 spiro atoms. The Morgan fingerprint density at radius 3 is 2.90 bits per heavy atom. The third-order valence-corrected chi connectivity index (χ3v) is 3.78. The number of nitrogens with zero attached hydrogens (tertiary/aromatic N) is 3. The second-order valence-electron chi connectivity index (χ2n) is 4.70. The number of aromatic nitrogens is 2. The summed E-state index contributed by atoms with van der Waals surface area (Å²) in [7, 11) is 1.69. The van der Waals surface area contributed by atoms with Crippen LogP contribution >= 0.6 is 31.9 Å². The third-order valence-electron chi connectivity index (χ3n) is 3.33. The predicted octanol–water partition coefficient (Wildman–Crippen LogP) is 3.69. The Hall–Kier alpha value is -1.47. The predicted molar refractivity (Wildman–Crippen MR) is 85.2 cm³/mol. The van der Waals surface area contributed by atoms with Crippen molar-refractivity contribution in [2.45, 2.75) is 6.54 Å². The molecule has 21 heavy (non-hydrogen) atoms. The van der Waals surface area contributed by atoms with Crippen LogP contribution < -0.4 is 0 Å². The van der Waals surface area contributed by atoms with Gasteiger partial charge in [-0.1, -0.05) is 0 Å². The highest BCUT2D eigenvalue weighted by Crippen LogP contribution is 2.28. The largest absolute Gasteiger partial charge is 0.336 e. The summed E-state index contributed by atoms with van der Waals surface area (Å²) in [6.45, 7) is 0.397. The van der Waals surface area contributed by atoms with Crippen LogP contribution in [0.25, 0.3) is 11.8 Å². The van der Waals surface area contributed by atoms with E-state index in [2.05, 4.69) is 36.8 Å². The van der Waals surface area contributed by atoms with Crippen molar-refractivity contribution in [3.05, 3.63) is 50.7 Å². The number of hydrogen-bond acceptors (Lipinski definition) is 2. The van der Waals surface area contributed by atoms with Crippen molar-refractivity contribution in [1.29, 1.82) is 0 Å². The van der Waals surface area contributed by atoms with E-state index in [0.29, 0.717) is 17.8 Å². The SMILES string of the molecule is CN1Cc2c(C=C(Br)Br)ncn2-c2ccc(F)cc2C1=O. The highest BCUT2D eigenvalue weighted by Gasteiger charge is 2.26. The molecule has 108 valence electrons. The van der Waals surface area contributed by atoms with Gasteiger partial charge < -0.3 is 9.47 Å². The lowest BCUT2D eigenvalue weighted by molar-refractivity contribution is 0.0787. The fourth-order valence-electron chi connectivity index (χ4n) is 2.37. The first-order valence-electron chi connectivity index (χ1n) is 6.11. The summed E-state index contributed by atoms with van der Waals surface area (Å²) in [6.07, 6.45) is 3.46. The molecule has 7 heteroatoms. The summed E-state index contributed by atoms with van der Waals surface area (Å²) in [6, 6.07) is 4.21. The van der Waals surface area contributed by atoms with Gasteiger partial charge in [0.1, 0.15) is 12.1 Å². The quantitative estimate of drug-likeness (QED) is 0.713. The monoisotopic (exact) mass is 413 g/mol. The minimum atomic E-state index is -0.428. The zero-order chi connectivity index (χ0) is 15.1. The summed E-state index contributed by atoms with van der Waals surface area (Å²) < 4.78 is 16.0. The lowest BCUT2D eigenvalue weighted by Crippen LogP contribution is -2.25. The lowest BCUT2D eigenvalue weighted by Gasteiger charge is -2.14. The van der Waals surface area contributed by atoms with Gasteiger partial charge >= 0.3 is 0 Å². The smallest absolute Gasteiger partial charge is 0.256 e. The van der Waals surface area contributed by atoms with Crippen molar-refractivity contribution in [2.24, 2.45) is 0 Å². The molecule has 1 amide bonds. The molecule has 1 aromatic heterocycles. The molecule has 0 atom stereocenters. The summed E-state index contributed by atoms with van der Waals surface area (Å²) in [5, 5.41) is 0. The van der Waals surface area contributed by atoms with E-state index in [9.17, 15) is 9.18 Å². The standard InChI is InChI=1S/C14H10Br2FN3O/c1-19-6-12-10(5-13(15)16)18-7-20(12)11-3-2-8(17)4-9(11)14(19)21/h2-5,7H,6H2,1H3. The van der Waals surface area contributed by atoms with Gasteiger partial charge in [-0.15, -0.1) is 0 Å².